The summed E-state index contributed by atoms with van der Waals surface area (Å²) in [6.45, 7) is 11.9. The lowest BCUT2D eigenvalue weighted by molar-refractivity contribution is -0.149. The first-order chi connectivity index (χ1) is 10.6. The molecule has 0 amide bonds. The molecule has 1 aromatic carbocycles. The van der Waals surface area contributed by atoms with E-state index in [2.05, 4.69) is 45.0 Å². The van der Waals surface area contributed by atoms with E-state index < -0.39 is 11.9 Å². The summed E-state index contributed by atoms with van der Waals surface area (Å²) in [7, 11) is 0. The van der Waals surface area contributed by atoms with E-state index in [0.717, 1.165) is 11.1 Å². The number of ether oxygens (including phenoxy) is 1. The van der Waals surface area contributed by atoms with E-state index in [4.69, 9.17) is 4.74 Å². The van der Waals surface area contributed by atoms with Crippen LogP contribution in [0.15, 0.2) is 35.9 Å². The minimum atomic E-state index is -0.802. The highest BCUT2D eigenvalue weighted by molar-refractivity contribution is 5.99. The van der Waals surface area contributed by atoms with Crippen molar-refractivity contribution in [2.45, 2.75) is 53.4 Å². The van der Waals surface area contributed by atoms with Gasteiger partial charge in [-0.15, -0.1) is 0 Å². The lowest BCUT2D eigenvalue weighted by Crippen LogP contribution is -2.22. The second-order valence-electron chi connectivity index (χ2n) is 6.98. The molecule has 0 spiro atoms. The molecule has 0 aliphatic rings. The fraction of sp³-hybridized carbons (Fsp3) is 0.500. The number of hydrogen-bond acceptors (Lipinski definition) is 3. The molecule has 0 fully saturated rings. The van der Waals surface area contributed by atoms with Gasteiger partial charge in [0.25, 0.3) is 0 Å². The number of carbonyl (C=O) groups excluding carboxylic acids is 2. The third kappa shape index (κ3) is 6.01. The van der Waals surface area contributed by atoms with Crippen LogP contribution in [0.5, 0.6) is 0 Å². The van der Waals surface area contributed by atoms with Crippen LogP contribution in [0.2, 0.25) is 0 Å². The Bertz CT molecular complexity index is 574. The Morgan fingerprint density at radius 3 is 2.13 bits per heavy atom. The lowest BCUT2D eigenvalue weighted by atomic mass is 9.86. The molecule has 1 aromatic rings. The van der Waals surface area contributed by atoms with E-state index in [1.165, 1.54) is 12.5 Å². The van der Waals surface area contributed by atoms with E-state index in [1.807, 2.05) is 6.92 Å². The molecule has 0 aliphatic heterocycles. The maximum atomic E-state index is 11.8. The average Bonchev–Trinajstić information content (AvgIpc) is 2.44. The minimum absolute atomic E-state index is 0.132. The van der Waals surface area contributed by atoms with E-state index in [-0.39, 0.29) is 17.8 Å². The monoisotopic (exact) mass is 316 g/mol. The number of carbonyl (C=O) groups is 2. The van der Waals surface area contributed by atoms with Gasteiger partial charge in [-0.1, -0.05) is 56.7 Å². The highest BCUT2D eigenvalue weighted by Crippen LogP contribution is 2.23. The molecular weight excluding hydrogens is 288 g/mol. The van der Waals surface area contributed by atoms with Gasteiger partial charge in [-0.3, -0.25) is 9.59 Å². The highest BCUT2D eigenvalue weighted by atomic mass is 16.5. The van der Waals surface area contributed by atoms with Crippen molar-refractivity contribution in [1.29, 1.82) is 0 Å². The molecule has 1 rings (SSSR count). The Morgan fingerprint density at radius 2 is 1.70 bits per heavy atom. The van der Waals surface area contributed by atoms with Crippen molar-refractivity contribution in [3.8, 4) is 0 Å². The fourth-order valence-electron chi connectivity index (χ4n) is 2.37. The number of rotatable bonds is 6. The van der Waals surface area contributed by atoms with Crippen molar-refractivity contribution in [3.63, 3.8) is 0 Å². The summed E-state index contributed by atoms with van der Waals surface area (Å²) in [4.78, 5) is 23.5. The van der Waals surface area contributed by atoms with Crippen LogP contribution in [-0.4, -0.2) is 18.4 Å². The van der Waals surface area contributed by atoms with Gasteiger partial charge in [0.05, 0.1) is 6.61 Å². The Hall–Kier alpha value is -1.90. The second-order valence-corrected chi connectivity index (χ2v) is 6.98. The number of Topliss-reactive ketones (excluding diaryl/α,β-unsaturated/α-hetero) is 1. The molecule has 1 atom stereocenters. The first-order valence-corrected chi connectivity index (χ1v) is 8.09. The molecule has 1 unspecified atom stereocenters. The molecule has 3 heteroatoms. The van der Waals surface area contributed by atoms with Gasteiger partial charge in [0, 0.05) is 0 Å². The molecule has 0 saturated carbocycles. The van der Waals surface area contributed by atoms with Crippen molar-refractivity contribution < 1.29 is 14.3 Å². The van der Waals surface area contributed by atoms with Crippen molar-refractivity contribution in [1.82, 2.24) is 0 Å². The van der Waals surface area contributed by atoms with Crippen LogP contribution in [0.4, 0.5) is 0 Å². The highest BCUT2D eigenvalue weighted by Gasteiger charge is 2.22. The van der Waals surface area contributed by atoms with Crippen molar-refractivity contribution in [2.24, 2.45) is 5.92 Å². The van der Waals surface area contributed by atoms with Gasteiger partial charge in [-0.05, 0) is 43.7 Å². The zero-order valence-electron chi connectivity index (χ0n) is 15.1. The van der Waals surface area contributed by atoms with Crippen LogP contribution in [0, 0.1) is 5.92 Å². The van der Waals surface area contributed by atoms with Gasteiger partial charge >= 0.3 is 5.97 Å². The summed E-state index contributed by atoms with van der Waals surface area (Å²) < 4.78 is 4.97. The van der Waals surface area contributed by atoms with E-state index in [0.29, 0.717) is 6.42 Å². The van der Waals surface area contributed by atoms with Crippen LogP contribution in [0.25, 0.3) is 0 Å². The largest absolute Gasteiger partial charge is 0.465 e. The number of allylic oxidation sites excluding steroid dienone is 1. The lowest BCUT2D eigenvalue weighted by Gasteiger charge is -2.19. The second kappa shape index (κ2) is 8.09. The van der Waals surface area contributed by atoms with Crippen LogP contribution in [0.1, 0.15) is 52.7 Å². The summed E-state index contributed by atoms with van der Waals surface area (Å²) in [6, 6.07) is 8.48. The maximum absolute atomic E-state index is 11.8. The first kappa shape index (κ1) is 19.1. The zero-order valence-corrected chi connectivity index (χ0v) is 15.1. The molecule has 23 heavy (non-hydrogen) atoms. The average molecular weight is 316 g/mol. The molecule has 0 aliphatic carbocycles. The van der Waals surface area contributed by atoms with E-state index in [1.54, 1.807) is 13.0 Å². The Balaban J connectivity index is 2.86. The summed E-state index contributed by atoms with van der Waals surface area (Å²) in [6.07, 6.45) is 2.44. The summed E-state index contributed by atoms with van der Waals surface area (Å²) in [5.74, 6) is -1.46. The Kier molecular flexibility index (Phi) is 6.74. The van der Waals surface area contributed by atoms with Crippen molar-refractivity contribution in [3.05, 3.63) is 47.0 Å². The predicted molar refractivity (Wildman–Crippen MR) is 93.4 cm³/mol. The smallest absolute Gasteiger partial charge is 0.320 e. The number of ketones is 1. The first-order valence-electron chi connectivity index (χ1n) is 8.09. The molecule has 3 nitrogen and oxygen atoms in total. The molecule has 126 valence electrons. The van der Waals surface area contributed by atoms with Gasteiger partial charge in [-0.2, -0.15) is 0 Å². The minimum Gasteiger partial charge on any atom is -0.465 e. The molecule has 0 bridgehead atoms. The van der Waals surface area contributed by atoms with Gasteiger partial charge in [0.1, 0.15) is 11.7 Å². The number of esters is 1. The fourth-order valence-corrected chi connectivity index (χ4v) is 2.37. The number of hydrogen-bond donors (Lipinski definition) is 0. The van der Waals surface area contributed by atoms with E-state index >= 15 is 0 Å². The van der Waals surface area contributed by atoms with Crippen molar-refractivity contribution in [2.75, 3.05) is 6.61 Å². The maximum Gasteiger partial charge on any atom is 0.320 e. The van der Waals surface area contributed by atoms with Crippen LogP contribution < -0.4 is 0 Å². The van der Waals surface area contributed by atoms with Gasteiger partial charge < -0.3 is 4.74 Å². The van der Waals surface area contributed by atoms with Crippen LogP contribution >= 0.6 is 0 Å². The van der Waals surface area contributed by atoms with Gasteiger partial charge in [0.2, 0.25) is 0 Å². The molecule has 0 aromatic heterocycles. The summed E-state index contributed by atoms with van der Waals surface area (Å²) >= 11 is 0. The Labute approximate surface area is 139 Å². The normalized spacial score (nSPS) is 13.6. The third-order valence-corrected chi connectivity index (χ3v) is 3.73. The molecule has 0 heterocycles. The molecular formula is C20H28O3. The van der Waals surface area contributed by atoms with Gasteiger partial charge in [-0.25, -0.2) is 0 Å². The summed E-state index contributed by atoms with van der Waals surface area (Å²) in [5, 5.41) is 0. The third-order valence-electron chi connectivity index (χ3n) is 3.73. The standard InChI is InChI=1S/C20H28O3/c1-7-23-19(22)18(15(3)21)13-14(2)12-16-8-10-17(11-9-16)20(4,5)6/h8-11,13,18H,7,12H2,1-6H3. The SMILES string of the molecule is CCOC(=O)C(C=C(C)Cc1ccc(C(C)(C)C)cc1)C(C)=O. The molecule has 0 radical (unpaired) electrons. The zero-order chi connectivity index (χ0) is 17.6. The summed E-state index contributed by atoms with van der Waals surface area (Å²) in [5.41, 5.74) is 3.57. The van der Waals surface area contributed by atoms with Crippen LogP contribution in [0.3, 0.4) is 0 Å². The molecule has 0 saturated heterocycles. The topological polar surface area (TPSA) is 43.4 Å². The van der Waals surface area contributed by atoms with Crippen LogP contribution in [-0.2, 0) is 26.2 Å². The van der Waals surface area contributed by atoms with Gasteiger partial charge in [0.15, 0.2) is 0 Å². The number of benzene rings is 1. The Morgan fingerprint density at radius 1 is 1.13 bits per heavy atom. The van der Waals surface area contributed by atoms with Crippen molar-refractivity contribution >= 4 is 11.8 Å². The predicted octanol–water partition coefficient (Wildman–Crippen LogP) is 4.24. The molecule has 0 N–H and O–H groups in total. The quantitative estimate of drug-likeness (QED) is 0.448. The van der Waals surface area contributed by atoms with E-state index in [9.17, 15) is 9.59 Å².